The highest BCUT2D eigenvalue weighted by atomic mass is 16.5. The number of piperidine rings is 1. The Bertz CT molecular complexity index is 348. The average Bonchev–Trinajstić information content (AvgIpc) is 2.40. The molecule has 0 aliphatic carbocycles. The summed E-state index contributed by atoms with van der Waals surface area (Å²) in [6.45, 7) is 6.05. The fourth-order valence-corrected chi connectivity index (χ4v) is 2.19. The van der Waals surface area contributed by atoms with Gasteiger partial charge in [0.05, 0.1) is 0 Å². The standard InChI is InChI=1S/C13H21N3O/c1-2-16-8-5-12(6-9-16)17-13-11(10-14)4-3-7-15-13/h3-4,7,12H,2,5-6,8-10,14H2,1H3. The van der Waals surface area contributed by atoms with Gasteiger partial charge in [0.1, 0.15) is 6.10 Å². The van der Waals surface area contributed by atoms with E-state index in [9.17, 15) is 0 Å². The molecular formula is C13H21N3O. The van der Waals surface area contributed by atoms with E-state index in [0.29, 0.717) is 12.4 Å². The van der Waals surface area contributed by atoms with Gasteiger partial charge in [-0.15, -0.1) is 0 Å². The number of nitrogens with zero attached hydrogens (tertiary/aromatic N) is 2. The van der Waals surface area contributed by atoms with E-state index in [4.69, 9.17) is 10.5 Å². The second-order valence-electron chi connectivity index (χ2n) is 4.42. The lowest BCUT2D eigenvalue weighted by Crippen LogP contribution is -2.38. The maximum absolute atomic E-state index is 5.95. The highest BCUT2D eigenvalue weighted by Gasteiger charge is 2.20. The Morgan fingerprint density at radius 1 is 1.47 bits per heavy atom. The van der Waals surface area contributed by atoms with Crippen LogP contribution in [0.5, 0.6) is 5.88 Å². The predicted octanol–water partition coefficient (Wildman–Crippen LogP) is 1.40. The van der Waals surface area contributed by atoms with Crippen LogP contribution in [0.3, 0.4) is 0 Å². The molecule has 17 heavy (non-hydrogen) atoms. The molecule has 1 aliphatic rings. The smallest absolute Gasteiger partial charge is 0.218 e. The molecular weight excluding hydrogens is 214 g/mol. The SMILES string of the molecule is CCN1CCC(Oc2ncccc2CN)CC1. The average molecular weight is 235 g/mol. The summed E-state index contributed by atoms with van der Waals surface area (Å²) >= 11 is 0. The van der Waals surface area contributed by atoms with Gasteiger partial charge in [0.15, 0.2) is 0 Å². The molecule has 2 rings (SSSR count). The molecule has 0 aromatic carbocycles. The molecule has 1 saturated heterocycles. The lowest BCUT2D eigenvalue weighted by Gasteiger charge is -2.31. The molecule has 0 spiro atoms. The summed E-state index contributed by atoms with van der Waals surface area (Å²) in [5.74, 6) is 0.713. The third kappa shape index (κ3) is 3.17. The fraction of sp³-hybridized carbons (Fsp3) is 0.615. The van der Waals surface area contributed by atoms with Gasteiger partial charge in [-0.05, 0) is 25.5 Å². The highest BCUT2D eigenvalue weighted by Crippen LogP contribution is 2.20. The number of hydrogen-bond donors (Lipinski definition) is 1. The zero-order chi connectivity index (χ0) is 12.1. The van der Waals surface area contributed by atoms with Crippen molar-refractivity contribution in [2.24, 2.45) is 5.73 Å². The van der Waals surface area contributed by atoms with Gasteiger partial charge in [-0.25, -0.2) is 4.98 Å². The van der Waals surface area contributed by atoms with Gasteiger partial charge in [-0.3, -0.25) is 0 Å². The molecule has 0 radical (unpaired) electrons. The quantitative estimate of drug-likeness (QED) is 0.857. The van der Waals surface area contributed by atoms with E-state index in [1.54, 1.807) is 6.20 Å². The number of pyridine rings is 1. The minimum absolute atomic E-state index is 0.290. The number of aromatic nitrogens is 1. The molecule has 1 aromatic heterocycles. The van der Waals surface area contributed by atoms with Crippen LogP contribution in [0.4, 0.5) is 0 Å². The molecule has 1 aromatic rings. The van der Waals surface area contributed by atoms with Crippen molar-refractivity contribution in [3.8, 4) is 5.88 Å². The molecule has 0 bridgehead atoms. The molecule has 0 unspecified atom stereocenters. The van der Waals surface area contributed by atoms with Crippen LogP contribution in [0.15, 0.2) is 18.3 Å². The lowest BCUT2D eigenvalue weighted by atomic mass is 10.1. The Kier molecular flexibility index (Phi) is 4.34. The van der Waals surface area contributed by atoms with Gasteiger partial charge >= 0.3 is 0 Å². The molecule has 4 heteroatoms. The first kappa shape index (κ1) is 12.3. The first-order valence-corrected chi connectivity index (χ1v) is 6.36. The topological polar surface area (TPSA) is 51.4 Å². The second kappa shape index (κ2) is 5.98. The zero-order valence-electron chi connectivity index (χ0n) is 10.4. The van der Waals surface area contributed by atoms with E-state index in [1.165, 1.54) is 0 Å². The lowest BCUT2D eigenvalue weighted by molar-refractivity contribution is 0.0989. The largest absolute Gasteiger partial charge is 0.474 e. The molecule has 2 N–H and O–H groups in total. The van der Waals surface area contributed by atoms with Crippen LogP contribution >= 0.6 is 0 Å². The van der Waals surface area contributed by atoms with Crippen LogP contribution in [0.25, 0.3) is 0 Å². The zero-order valence-corrected chi connectivity index (χ0v) is 10.4. The Morgan fingerprint density at radius 3 is 2.88 bits per heavy atom. The van der Waals surface area contributed by atoms with Gasteiger partial charge in [0.2, 0.25) is 5.88 Å². The first-order valence-electron chi connectivity index (χ1n) is 6.36. The highest BCUT2D eigenvalue weighted by molar-refractivity contribution is 5.25. The van der Waals surface area contributed by atoms with E-state index in [0.717, 1.165) is 38.0 Å². The third-order valence-electron chi connectivity index (χ3n) is 3.33. The molecule has 4 nitrogen and oxygen atoms in total. The van der Waals surface area contributed by atoms with Crippen molar-refractivity contribution in [1.29, 1.82) is 0 Å². The summed E-state index contributed by atoms with van der Waals surface area (Å²) in [5.41, 5.74) is 6.66. The van der Waals surface area contributed by atoms with Crippen molar-refractivity contribution < 1.29 is 4.74 Å². The molecule has 2 heterocycles. The number of rotatable bonds is 4. The van der Waals surface area contributed by atoms with Crippen LogP contribution in [0, 0.1) is 0 Å². The Labute approximate surface area is 103 Å². The van der Waals surface area contributed by atoms with E-state index in [2.05, 4.69) is 16.8 Å². The van der Waals surface area contributed by atoms with E-state index < -0.39 is 0 Å². The van der Waals surface area contributed by atoms with Crippen LogP contribution in [0.2, 0.25) is 0 Å². The number of nitrogens with two attached hydrogens (primary N) is 1. The minimum atomic E-state index is 0.290. The van der Waals surface area contributed by atoms with E-state index in [-0.39, 0.29) is 6.10 Å². The van der Waals surface area contributed by atoms with Gasteiger partial charge in [-0.2, -0.15) is 0 Å². The van der Waals surface area contributed by atoms with E-state index in [1.807, 2.05) is 12.1 Å². The van der Waals surface area contributed by atoms with Crippen molar-refractivity contribution in [3.05, 3.63) is 23.9 Å². The van der Waals surface area contributed by atoms with Gasteiger partial charge in [0, 0.05) is 31.4 Å². The Morgan fingerprint density at radius 2 is 2.24 bits per heavy atom. The van der Waals surface area contributed by atoms with Crippen molar-refractivity contribution >= 4 is 0 Å². The molecule has 0 atom stereocenters. The van der Waals surface area contributed by atoms with Crippen molar-refractivity contribution in [1.82, 2.24) is 9.88 Å². The number of hydrogen-bond acceptors (Lipinski definition) is 4. The van der Waals surface area contributed by atoms with Gasteiger partial charge in [0.25, 0.3) is 0 Å². The summed E-state index contributed by atoms with van der Waals surface area (Å²) in [7, 11) is 0. The summed E-state index contributed by atoms with van der Waals surface area (Å²) in [6, 6.07) is 3.87. The van der Waals surface area contributed by atoms with Crippen molar-refractivity contribution in [3.63, 3.8) is 0 Å². The monoisotopic (exact) mass is 235 g/mol. The van der Waals surface area contributed by atoms with E-state index >= 15 is 0 Å². The summed E-state index contributed by atoms with van der Waals surface area (Å²) in [4.78, 5) is 6.71. The molecule has 1 aliphatic heterocycles. The maximum Gasteiger partial charge on any atom is 0.218 e. The molecule has 94 valence electrons. The fourth-order valence-electron chi connectivity index (χ4n) is 2.19. The van der Waals surface area contributed by atoms with Crippen LogP contribution in [-0.4, -0.2) is 35.6 Å². The summed E-state index contributed by atoms with van der Waals surface area (Å²) < 4.78 is 5.95. The first-order chi connectivity index (χ1) is 8.33. The van der Waals surface area contributed by atoms with Gasteiger partial charge in [-0.1, -0.05) is 13.0 Å². The van der Waals surface area contributed by atoms with Crippen LogP contribution < -0.4 is 10.5 Å². The Hall–Kier alpha value is -1.13. The van der Waals surface area contributed by atoms with Crippen molar-refractivity contribution in [2.75, 3.05) is 19.6 Å². The summed E-state index contributed by atoms with van der Waals surface area (Å²) in [5, 5.41) is 0. The van der Waals surface area contributed by atoms with Gasteiger partial charge < -0.3 is 15.4 Å². The molecule has 1 fully saturated rings. The Balaban J connectivity index is 1.93. The van der Waals surface area contributed by atoms with Crippen molar-refractivity contribution in [2.45, 2.75) is 32.4 Å². The second-order valence-corrected chi connectivity index (χ2v) is 4.42. The maximum atomic E-state index is 5.95. The molecule has 0 saturated carbocycles. The predicted molar refractivity (Wildman–Crippen MR) is 67.9 cm³/mol. The number of likely N-dealkylation sites (tertiary alicyclic amines) is 1. The molecule has 0 amide bonds. The normalized spacial score (nSPS) is 18.2. The van der Waals surface area contributed by atoms with Crippen LogP contribution in [0.1, 0.15) is 25.3 Å². The summed E-state index contributed by atoms with van der Waals surface area (Å²) in [6.07, 6.45) is 4.21. The third-order valence-corrected chi connectivity index (χ3v) is 3.33. The number of ether oxygens (including phenoxy) is 1. The minimum Gasteiger partial charge on any atom is -0.474 e. The van der Waals surface area contributed by atoms with Crippen LogP contribution in [-0.2, 0) is 6.54 Å².